The molecule has 1 aromatic rings. The molecule has 0 amide bonds. The van der Waals surface area contributed by atoms with Crippen LogP contribution in [0.4, 0.5) is 0 Å². The molecular formula is C18H26N2O2. The summed E-state index contributed by atoms with van der Waals surface area (Å²) >= 11 is 0. The van der Waals surface area contributed by atoms with E-state index in [1.807, 2.05) is 18.2 Å². The molecule has 1 aliphatic rings. The SMILES string of the molecule is COc1ccc(CNCC2(CCO)CCCCC2)cc1C#N. The molecule has 22 heavy (non-hydrogen) atoms. The van der Waals surface area contributed by atoms with Crippen LogP contribution in [0, 0.1) is 16.7 Å². The third kappa shape index (κ3) is 4.22. The normalized spacial score (nSPS) is 17.0. The second-order valence-corrected chi connectivity index (χ2v) is 6.28. The minimum atomic E-state index is 0.248. The summed E-state index contributed by atoms with van der Waals surface area (Å²) < 4.78 is 5.17. The summed E-state index contributed by atoms with van der Waals surface area (Å²) in [4.78, 5) is 0. The molecule has 2 N–H and O–H groups in total. The summed E-state index contributed by atoms with van der Waals surface area (Å²) in [5.74, 6) is 0.621. The molecule has 0 heterocycles. The number of hydrogen-bond acceptors (Lipinski definition) is 4. The average Bonchev–Trinajstić information content (AvgIpc) is 2.56. The number of aliphatic hydroxyl groups is 1. The summed E-state index contributed by atoms with van der Waals surface area (Å²) in [7, 11) is 1.58. The van der Waals surface area contributed by atoms with Gasteiger partial charge in [0.2, 0.25) is 0 Å². The van der Waals surface area contributed by atoms with Gasteiger partial charge in [-0.05, 0) is 42.4 Å². The molecule has 1 fully saturated rings. The Hall–Kier alpha value is -1.57. The molecule has 4 heteroatoms. The smallest absolute Gasteiger partial charge is 0.136 e. The van der Waals surface area contributed by atoms with E-state index in [-0.39, 0.29) is 12.0 Å². The van der Waals surface area contributed by atoms with Crippen molar-refractivity contribution in [3.8, 4) is 11.8 Å². The van der Waals surface area contributed by atoms with Gasteiger partial charge in [-0.3, -0.25) is 0 Å². The van der Waals surface area contributed by atoms with Crippen molar-refractivity contribution >= 4 is 0 Å². The summed E-state index contributed by atoms with van der Waals surface area (Å²) in [5, 5.41) is 22.0. The molecule has 0 bridgehead atoms. The van der Waals surface area contributed by atoms with Crippen molar-refractivity contribution in [2.45, 2.75) is 45.1 Å². The van der Waals surface area contributed by atoms with Crippen LogP contribution in [0.3, 0.4) is 0 Å². The van der Waals surface area contributed by atoms with Crippen molar-refractivity contribution < 1.29 is 9.84 Å². The van der Waals surface area contributed by atoms with Crippen LogP contribution in [0.25, 0.3) is 0 Å². The van der Waals surface area contributed by atoms with E-state index in [2.05, 4.69) is 11.4 Å². The van der Waals surface area contributed by atoms with Crippen LogP contribution in [0.5, 0.6) is 5.75 Å². The Morgan fingerprint density at radius 2 is 2.09 bits per heavy atom. The number of aliphatic hydroxyl groups excluding tert-OH is 1. The Morgan fingerprint density at radius 1 is 1.32 bits per heavy atom. The minimum Gasteiger partial charge on any atom is -0.495 e. The van der Waals surface area contributed by atoms with Crippen LogP contribution in [0.2, 0.25) is 0 Å². The summed E-state index contributed by atoms with van der Waals surface area (Å²) in [6, 6.07) is 7.89. The lowest BCUT2D eigenvalue weighted by Gasteiger charge is -2.37. The number of rotatable bonds is 7. The maximum atomic E-state index is 9.35. The van der Waals surface area contributed by atoms with Gasteiger partial charge < -0.3 is 15.2 Å². The zero-order valence-corrected chi connectivity index (χ0v) is 13.4. The molecule has 0 radical (unpaired) electrons. The minimum absolute atomic E-state index is 0.248. The van der Waals surface area contributed by atoms with Gasteiger partial charge in [-0.25, -0.2) is 0 Å². The van der Waals surface area contributed by atoms with Crippen LogP contribution in [0.1, 0.15) is 49.7 Å². The van der Waals surface area contributed by atoms with Gasteiger partial charge in [-0.2, -0.15) is 5.26 Å². The first-order valence-electron chi connectivity index (χ1n) is 8.12. The molecule has 0 aromatic heterocycles. The number of ether oxygens (including phenoxy) is 1. The van der Waals surface area contributed by atoms with Gasteiger partial charge in [0.15, 0.2) is 0 Å². The zero-order chi connectivity index (χ0) is 15.8. The predicted molar refractivity (Wildman–Crippen MR) is 86.6 cm³/mol. The highest BCUT2D eigenvalue weighted by molar-refractivity contribution is 5.45. The van der Waals surface area contributed by atoms with E-state index < -0.39 is 0 Å². The molecule has 0 saturated heterocycles. The van der Waals surface area contributed by atoms with E-state index in [0.717, 1.165) is 25.1 Å². The number of methoxy groups -OCH3 is 1. The summed E-state index contributed by atoms with van der Waals surface area (Å²) in [5.41, 5.74) is 1.91. The van der Waals surface area contributed by atoms with Crippen LogP contribution in [0.15, 0.2) is 18.2 Å². The first kappa shape index (κ1) is 16.8. The molecule has 1 saturated carbocycles. The predicted octanol–water partition coefficient (Wildman–Crippen LogP) is 2.99. The molecule has 1 aromatic carbocycles. The lowest BCUT2D eigenvalue weighted by atomic mass is 9.72. The van der Waals surface area contributed by atoms with Crippen molar-refractivity contribution in [2.75, 3.05) is 20.3 Å². The van der Waals surface area contributed by atoms with Crippen molar-refractivity contribution in [3.63, 3.8) is 0 Å². The van der Waals surface area contributed by atoms with E-state index in [4.69, 9.17) is 10.00 Å². The largest absolute Gasteiger partial charge is 0.495 e. The standard InChI is InChI=1S/C18H26N2O2/c1-22-17-6-5-15(11-16(17)12-19)13-20-14-18(9-10-21)7-3-2-4-8-18/h5-6,11,20-21H,2-4,7-10,13-14H2,1H3. The van der Waals surface area contributed by atoms with Gasteiger partial charge in [0, 0.05) is 19.7 Å². The van der Waals surface area contributed by atoms with E-state index in [0.29, 0.717) is 11.3 Å². The molecule has 0 unspecified atom stereocenters. The Kier molecular flexibility index (Phi) is 6.23. The molecule has 4 nitrogen and oxygen atoms in total. The molecule has 1 aliphatic carbocycles. The van der Waals surface area contributed by atoms with Gasteiger partial charge >= 0.3 is 0 Å². The fraction of sp³-hybridized carbons (Fsp3) is 0.611. The number of nitriles is 1. The van der Waals surface area contributed by atoms with E-state index >= 15 is 0 Å². The van der Waals surface area contributed by atoms with Gasteiger partial charge in [0.25, 0.3) is 0 Å². The number of nitrogens with one attached hydrogen (secondary N) is 1. The van der Waals surface area contributed by atoms with Crippen LogP contribution in [-0.4, -0.2) is 25.4 Å². The van der Waals surface area contributed by atoms with Crippen molar-refractivity contribution in [3.05, 3.63) is 29.3 Å². The first-order valence-corrected chi connectivity index (χ1v) is 8.12. The van der Waals surface area contributed by atoms with Crippen LogP contribution in [-0.2, 0) is 6.54 Å². The maximum Gasteiger partial charge on any atom is 0.136 e. The van der Waals surface area contributed by atoms with Gasteiger partial charge in [0.05, 0.1) is 12.7 Å². The monoisotopic (exact) mass is 302 g/mol. The number of benzene rings is 1. The molecule has 0 aliphatic heterocycles. The van der Waals surface area contributed by atoms with Crippen molar-refractivity contribution in [1.29, 1.82) is 5.26 Å². The second-order valence-electron chi connectivity index (χ2n) is 6.28. The molecule has 2 rings (SSSR count). The van der Waals surface area contributed by atoms with Gasteiger partial charge in [0.1, 0.15) is 11.8 Å². The van der Waals surface area contributed by atoms with Crippen LogP contribution < -0.4 is 10.1 Å². The Bertz CT molecular complexity index is 511. The Labute approximate surface area is 133 Å². The fourth-order valence-corrected chi connectivity index (χ4v) is 3.48. The Balaban J connectivity index is 1.93. The fourth-order valence-electron chi connectivity index (χ4n) is 3.48. The molecular weight excluding hydrogens is 276 g/mol. The molecule has 0 spiro atoms. The first-order chi connectivity index (χ1) is 10.7. The highest BCUT2D eigenvalue weighted by Gasteiger charge is 2.30. The van der Waals surface area contributed by atoms with Crippen LogP contribution >= 0.6 is 0 Å². The molecule has 120 valence electrons. The van der Waals surface area contributed by atoms with Gasteiger partial charge in [-0.15, -0.1) is 0 Å². The number of nitrogens with zero attached hydrogens (tertiary/aromatic N) is 1. The molecule has 0 atom stereocenters. The third-order valence-electron chi connectivity index (χ3n) is 4.77. The second kappa shape index (κ2) is 8.17. The highest BCUT2D eigenvalue weighted by Crippen LogP contribution is 2.38. The quantitative estimate of drug-likeness (QED) is 0.812. The zero-order valence-electron chi connectivity index (χ0n) is 13.4. The van der Waals surface area contributed by atoms with Gasteiger partial charge in [-0.1, -0.05) is 25.3 Å². The van der Waals surface area contributed by atoms with Crippen molar-refractivity contribution in [2.24, 2.45) is 5.41 Å². The number of hydrogen-bond donors (Lipinski definition) is 2. The average molecular weight is 302 g/mol. The highest BCUT2D eigenvalue weighted by atomic mass is 16.5. The summed E-state index contributed by atoms with van der Waals surface area (Å²) in [6.07, 6.45) is 7.13. The third-order valence-corrected chi connectivity index (χ3v) is 4.77. The Morgan fingerprint density at radius 3 is 2.73 bits per heavy atom. The summed E-state index contributed by atoms with van der Waals surface area (Å²) in [6.45, 7) is 1.94. The van der Waals surface area contributed by atoms with E-state index in [9.17, 15) is 5.11 Å². The lowest BCUT2D eigenvalue weighted by molar-refractivity contribution is 0.126. The maximum absolute atomic E-state index is 9.35. The topological polar surface area (TPSA) is 65.3 Å². The van der Waals surface area contributed by atoms with E-state index in [1.165, 1.54) is 32.1 Å². The lowest BCUT2D eigenvalue weighted by Crippen LogP contribution is -2.36. The van der Waals surface area contributed by atoms with E-state index in [1.54, 1.807) is 7.11 Å². The van der Waals surface area contributed by atoms with Crippen molar-refractivity contribution in [1.82, 2.24) is 5.32 Å².